The monoisotopic (exact) mass is 476 g/mol. The molecule has 1 unspecified atom stereocenters. The third kappa shape index (κ3) is 7.20. The number of likely N-dealkylation sites (tertiary alicyclic amines) is 1. The summed E-state index contributed by atoms with van der Waals surface area (Å²) in [6.07, 6.45) is 13.0. The number of aryl methyl sites for hydroxylation is 1. The number of urea groups is 1. The van der Waals surface area contributed by atoms with Crippen LogP contribution >= 0.6 is 0 Å². The summed E-state index contributed by atoms with van der Waals surface area (Å²) in [6, 6.07) is 6.09. The number of hydrogen-bond donors (Lipinski definition) is 1. The molecule has 3 aliphatic rings. The lowest BCUT2D eigenvalue weighted by Gasteiger charge is -2.24. The maximum absolute atomic E-state index is 13.4. The van der Waals surface area contributed by atoms with Crippen LogP contribution in [0.3, 0.4) is 0 Å². The summed E-state index contributed by atoms with van der Waals surface area (Å²) >= 11 is 0. The quantitative estimate of drug-likeness (QED) is 0.623. The molecule has 1 aliphatic carbocycles. The predicted octanol–water partition coefficient (Wildman–Crippen LogP) is 5.03. The topological polar surface area (TPSA) is 55.9 Å². The number of nitrogens with one attached hydrogen (secondary N) is 1. The number of carbonyl (C=O) groups excluding carboxylic acids is 2. The highest BCUT2D eigenvalue weighted by atomic mass is 16.2. The van der Waals surface area contributed by atoms with Crippen LogP contribution in [0.1, 0.15) is 60.5 Å². The summed E-state index contributed by atoms with van der Waals surface area (Å²) in [5.74, 6) is 0.0268. The van der Waals surface area contributed by atoms with Crippen LogP contribution in [0, 0.1) is 6.92 Å². The molecule has 0 bridgehead atoms. The molecule has 1 saturated heterocycles. The molecule has 1 N–H and O–H groups in total. The Morgan fingerprint density at radius 2 is 1.91 bits per heavy atom. The molecule has 6 nitrogen and oxygen atoms in total. The summed E-state index contributed by atoms with van der Waals surface area (Å²) in [5.41, 5.74) is 8.06. The molecule has 1 fully saturated rings. The third-order valence-electron chi connectivity index (χ3n) is 6.48. The molecule has 1 atom stereocenters. The molecule has 2 heterocycles. The molecule has 3 amide bonds. The van der Waals surface area contributed by atoms with Gasteiger partial charge in [0.2, 0.25) is 0 Å². The van der Waals surface area contributed by atoms with E-state index >= 15 is 0 Å². The Hall–Kier alpha value is -3.08. The molecule has 35 heavy (non-hydrogen) atoms. The molecule has 1 aromatic carbocycles. The van der Waals surface area contributed by atoms with Gasteiger partial charge in [-0.25, -0.2) is 4.79 Å². The van der Waals surface area contributed by atoms with Gasteiger partial charge in [0.15, 0.2) is 0 Å². The first-order chi connectivity index (χ1) is 16.8. The third-order valence-corrected chi connectivity index (χ3v) is 6.48. The fraction of sp³-hybridized carbons (Fsp3) is 0.483. The highest BCUT2D eigenvalue weighted by Crippen LogP contribution is 2.27. The maximum atomic E-state index is 13.4. The maximum Gasteiger partial charge on any atom is 0.317 e. The fourth-order valence-electron chi connectivity index (χ4n) is 4.60. The Morgan fingerprint density at radius 3 is 2.60 bits per heavy atom. The van der Waals surface area contributed by atoms with Gasteiger partial charge in [0.05, 0.1) is 0 Å². The van der Waals surface area contributed by atoms with Crippen LogP contribution in [0.2, 0.25) is 0 Å². The van der Waals surface area contributed by atoms with Gasteiger partial charge in [-0.1, -0.05) is 12.1 Å². The van der Waals surface area contributed by atoms with E-state index in [1.165, 1.54) is 5.57 Å². The Labute approximate surface area is 210 Å². The lowest BCUT2D eigenvalue weighted by atomic mass is 10.0. The van der Waals surface area contributed by atoms with E-state index in [2.05, 4.69) is 18.0 Å². The number of carbonyl (C=O) groups is 2. The fourth-order valence-corrected chi connectivity index (χ4v) is 4.60. The van der Waals surface area contributed by atoms with Crippen molar-refractivity contribution in [2.24, 2.45) is 0 Å². The van der Waals surface area contributed by atoms with Gasteiger partial charge in [-0.15, -0.1) is 5.73 Å². The summed E-state index contributed by atoms with van der Waals surface area (Å²) in [7, 11) is 6.00. The Morgan fingerprint density at radius 1 is 1.14 bits per heavy atom. The molecule has 6 heteroatoms. The summed E-state index contributed by atoms with van der Waals surface area (Å²) in [4.78, 5) is 31.7. The lowest BCUT2D eigenvalue weighted by molar-refractivity contribution is 0.0810. The molecule has 4 rings (SSSR count). The van der Waals surface area contributed by atoms with Crippen molar-refractivity contribution in [3.05, 3.63) is 76.2 Å². The molecule has 0 radical (unpaired) electrons. The van der Waals surface area contributed by atoms with E-state index in [4.69, 9.17) is 0 Å². The minimum atomic E-state index is -0.00426. The Bertz CT molecular complexity index is 1040. The lowest BCUT2D eigenvalue weighted by Crippen LogP contribution is -2.41. The van der Waals surface area contributed by atoms with Crippen LogP contribution in [0.25, 0.3) is 0 Å². The molecule has 2 aliphatic heterocycles. The molecule has 0 spiro atoms. The van der Waals surface area contributed by atoms with Crippen molar-refractivity contribution in [1.29, 1.82) is 0 Å². The number of benzene rings is 1. The van der Waals surface area contributed by atoms with Crippen molar-refractivity contribution < 1.29 is 9.59 Å². The van der Waals surface area contributed by atoms with E-state index in [1.807, 2.05) is 85.3 Å². The van der Waals surface area contributed by atoms with Gasteiger partial charge in [0, 0.05) is 36.9 Å². The van der Waals surface area contributed by atoms with Gasteiger partial charge in [0.1, 0.15) is 0 Å². The van der Waals surface area contributed by atoms with Crippen molar-refractivity contribution in [3.8, 4) is 0 Å². The minimum Gasteiger partial charge on any atom is -0.334 e. The molecule has 188 valence electrons. The van der Waals surface area contributed by atoms with Gasteiger partial charge in [-0.05, 0) is 114 Å². The molecule has 0 saturated carbocycles. The number of hydrogen-bond acceptors (Lipinski definition) is 3. The second kappa shape index (κ2) is 12.6. The van der Waals surface area contributed by atoms with E-state index in [1.54, 1.807) is 0 Å². The Kier molecular flexibility index (Phi) is 9.53. The zero-order valence-corrected chi connectivity index (χ0v) is 21.9. The van der Waals surface area contributed by atoms with E-state index in [9.17, 15) is 9.59 Å². The van der Waals surface area contributed by atoms with E-state index < -0.39 is 0 Å². The summed E-state index contributed by atoms with van der Waals surface area (Å²) in [5, 5.41) is 3.04. The van der Waals surface area contributed by atoms with E-state index in [0.717, 1.165) is 62.0 Å². The minimum absolute atomic E-state index is 0.00426. The molecular weight excluding hydrogens is 436 g/mol. The second-order valence-corrected chi connectivity index (χ2v) is 9.99. The second-order valence-electron chi connectivity index (χ2n) is 9.99. The summed E-state index contributed by atoms with van der Waals surface area (Å²) < 4.78 is 0. The van der Waals surface area contributed by atoms with Crippen molar-refractivity contribution in [3.63, 3.8) is 0 Å². The van der Waals surface area contributed by atoms with E-state index in [-0.39, 0.29) is 11.9 Å². The first-order valence-corrected chi connectivity index (χ1v) is 12.7. The van der Waals surface area contributed by atoms with Gasteiger partial charge < -0.3 is 20.0 Å². The number of allylic oxidation sites excluding steroid dienone is 4. The first kappa shape index (κ1) is 26.5. The van der Waals surface area contributed by atoms with Crippen LogP contribution in [0.5, 0.6) is 0 Å². The average Bonchev–Trinajstić information content (AvgIpc) is 2.99. The van der Waals surface area contributed by atoms with Crippen LogP contribution in [-0.2, 0) is 6.54 Å². The zero-order chi connectivity index (χ0) is 25.4. The zero-order valence-electron chi connectivity index (χ0n) is 21.9. The predicted molar refractivity (Wildman–Crippen MR) is 142 cm³/mol. The first-order valence-electron chi connectivity index (χ1n) is 12.7. The van der Waals surface area contributed by atoms with Crippen molar-refractivity contribution in [2.45, 2.75) is 58.5 Å². The molecular formula is C29H40N4O2. The van der Waals surface area contributed by atoms with Crippen molar-refractivity contribution in [2.75, 3.05) is 34.2 Å². The Balaban J connectivity index is 0.000000795. The van der Waals surface area contributed by atoms with Crippen LogP contribution in [0.4, 0.5) is 4.79 Å². The summed E-state index contributed by atoms with van der Waals surface area (Å²) in [6.45, 7) is 6.12. The highest BCUT2D eigenvalue weighted by Gasteiger charge is 2.25. The highest BCUT2D eigenvalue weighted by molar-refractivity contribution is 5.96. The molecule has 0 aromatic heterocycles. The van der Waals surface area contributed by atoms with Crippen LogP contribution in [0.15, 0.2) is 59.5 Å². The largest absolute Gasteiger partial charge is 0.334 e. The van der Waals surface area contributed by atoms with Crippen LogP contribution < -0.4 is 5.32 Å². The number of rotatable bonds is 3. The van der Waals surface area contributed by atoms with Gasteiger partial charge >= 0.3 is 6.03 Å². The molecule has 1 aromatic rings. The average molecular weight is 477 g/mol. The van der Waals surface area contributed by atoms with Crippen molar-refractivity contribution in [1.82, 2.24) is 20.0 Å². The SMILES string of the molecule is CN(C)C.Cc1cc(C(=O)N2CCCCC3=C2C=CC=C=C3)ccc1CNC(=O)N1CCCC1C. The van der Waals surface area contributed by atoms with Gasteiger partial charge in [0.25, 0.3) is 5.91 Å². The van der Waals surface area contributed by atoms with E-state index in [0.29, 0.717) is 18.2 Å². The number of amides is 3. The van der Waals surface area contributed by atoms with Gasteiger partial charge in [-0.2, -0.15) is 0 Å². The normalized spacial score (nSPS) is 19.2. The van der Waals surface area contributed by atoms with Crippen LogP contribution in [-0.4, -0.2) is 66.9 Å². The van der Waals surface area contributed by atoms with Crippen molar-refractivity contribution >= 4 is 11.9 Å². The van der Waals surface area contributed by atoms with Gasteiger partial charge in [-0.3, -0.25) is 4.79 Å². The smallest absolute Gasteiger partial charge is 0.317 e. The standard InChI is InChI=1S/C26H31N3O2.C3H9N/c1-19-17-22(13-14-23(19)18-27-26(31)28-16-8-9-20(28)2)25(30)29-15-7-6-11-21-10-4-3-5-12-24(21)29;1-4(2)3/h3,5,10,12-14,17,20H,6-9,11,15-16,18H2,1-2H3,(H,27,31);1-3H3. The number of nitrogens with zero attached hydrogens (tertiary/aromatic N) is 3.